The molecule has 1 heterocycles. The Kier molecular flexibility index (Phi) is 4.79. The summed E-state index contributed by atoms with van der Waals surface area (Å²) in [5.74, 6) is -0.126. The van der Waals surface area contributed by atoms with Crippen molar-refractivity contribution in [2.24, 2.45) is 0 Å². The number of nitrogens with zero attached hydrogens (tertiary/aromatic N) is 4. The summed E-state index contributed by atoms with van der Waals surface area (Å²) in [6.45, 7) is 2.23. The number of hydrogen-bond acceptors (Lipinski definition) is 4. The van der Waals surface area contributed by atoms with Crippen molar-refractivity contribution in [2.75, 3.05) is 19.0 Å². The van der Waals surface area contributed by atoms with Crippen molar-refractivity contribution >= 4 is 11.6 Å². The number of aromatic nitrogens is 3. The minimum absolute atomic E-state index is 0.126. The van der Waals surface area contributed by atoms with Crippen LogP contribution in [-0.4, -0.2) is 35.0 Å². The van der Waals surface area contributed by atoms with Gasteiger partial charge in [-0.1, -0.05) is 18.2 Å². The van der Waals surface area contributed by atoms with Crippen molar-refractivity contribution in [3.05, 3.63) is 71.5 Å². The number of amides is 1. The fourth-order valence-corrected chi connectivity index (χ4v) is 2.43. The number of carbonyl (C=O) groups excluding carboxylic acids is 1. The van der Waals surface area contributed by atoms with Gasteiger partial charge in [0.1, 0.15) is 5.69 Å². The van der Waals surface area contributed by atoms with Crippen molar-refractivity contribution in [1.82, 2.24) is 20.3 Å². The van der Waals surface area contributed by atoms with Gasteiger partial charge in [0.05, 0.1) is 17.9 Å². The van der Waals surface area contributed by atoms with Crippen LogP contribution in [0.3, 0.4) is 0 Å². The standard InChI is InChI=1S/C19H21N5O/c1-14-18(22-24(21-14)17-7-5-4-6-8-17)13-20-19(25)15-9-11-16(12-10-15)23(2)3/h4-12H,13H2,1-3H3,(H,20,25). The van der Waals surface area contributed by atoms with Crippen LogP contribution >= 0.6 is 0 Å². The molecule has 0 atom stereocenters. The molecule has 1 amide bonds. The van der Waals surface area contributed by atoms with E-state index in [9.17, 15) is 4.79 Å². The fourth-order valence-electron chi connectivity index (χ4n) is 2.43. The lowest BCUT2D eigenvalue weighted by molar-refractivity contribution is 0.0950. The molecule has 25 heavy (non-hydrogen) atoms. The summed E-state index contributed by atoms with van der Waals surface area (Å²) in [6, 6.07) is 17.2. The second-order valence-electron chi connectivity index (χ2n) is 5.98. The predicted molar refractivity (Wildman–Crippen MR) is 98.0 cm³/mol. The third-order valence-corrected chi connectivity index (χ3v) is 3.93. The van der Waals surface area contributed by atoms with Gasteiger partial charge in [-0.2, -0.15) is 15.0 Å². The normalized spacial score (nSPS) is 10.5. The minimum atomic E-state index is -0.126. The SMILES string of the molecule is Cc1nn(-c2ccccc2)nc1CNC(=O)c1ccc(N(C)C)cc1. The van der Waals surface area contributed by atoms with Crippen molar-refractivity contribution < 1.29 is 4.79 Å². The molecule has 1 N–H and O–H groups in total. The van der Waals surface area contributed by atoms with Gasteiger partial charge in [-0.25, -0.2) is 0 Å². The highest BCUT2D eigenvalue weighted by Gasteiger charge is 2.11. The minimum Gasteiger partial charge on any atom is -0.378 e. The van der Waals surface area contributed by atoms with Crippen LogP contribution in [0.2, 0.25) is 0 Å². The molecule has 0 unspecified atom stereocenters. The lowest BCUT2D eigenvalue weighted by Gasteiger charge is -2.12. The van der Waals surface area contributed by atoms with E-state index in [1.165, 1.54) is 0 Å². The Morgan fingerprint density at radius 1 is 1.04 bits per heavy atom. The third-order valence-electron chi connectivity index (χ3n) is 3.93. The van der Waals surface area contributed by atoms with Gasteiger partial charge in [-0.05, 0) is 43.3 Å². The maximum atomic E-state index is 12.3. The van der Waals surface area contributed by atoms with Crippen LogP contribution in [0.4, 0.5) is 5.69 Å². The average molecular weight is 335 g/mol. The first-order valence-corrected chi connectivity index (χ1v) is 8.08. The second kappa shape index (κ2) is 7.17. The number of aryl methyl sites for hydroxylation is 1. The number of nitrogens with one attached hydrogen (secondary N) is 1. The summed E-state index contributed by atoms with van der Waals surface area (Å²) in [5, 5.41) is 11.8. The van der Waals surface area contributed by atoms with Crippen LogP contribution < -0.4 is 10.2 Å². The zero-order valence-electron chi connectivity index (χ0n) is 14.6. The van der Waals surface area contributed by atoms with Crippen LogP contribution in [0.1, 0.15) is 21.7 Å². The largest absolute Gasteiger partial charge is 0.378 e. The molecule has 0 fully saturated rings. The van der Waals surface area contributed by atoms with E-state index < -0.39 is 0 Å². The van der Waals surface area contributed by atoms with Gasteiger partial charge in [-0.15, -0.1) is 0 Å². The van der Waals surface area contributed by atoms with Crippen molar-refractivity contribution in [3.8, 4) is 5.69 Å². The summed E-state index contributed by atoms with van der Waals surface area (Å²) >= 11 is 0. The lowest BCUT2D eigenvalue weighted by atomic mass is 10.2. The highest BCUT2D eigenvalue weighted by atomic mass is 16.1. The molecule has 0 spiro atoms. The van der Waals surface area contributed by atoms with Gasteiger partial charge in [0.15, 0.2) is 0 Å². The molecule has 0 aliphatic carbocycles. The van der Waals surface area contributed by atoms with E-state index in [1.807, 2.05) is 80.5 Å². The Morgan fingerprint density at radius 2 is 1.72 bits per heavy atom. The van der Waals surface area contributed by atoms with Gasteiger partial charge in [0.2, 0.25) is 0 Å². The second-order valence-corrected chi connectivity index (χ2v) is 5.98. The molecule has 0 radical (unpaired) electrons. The molecule has 0 saturated heterocycles. The highest BCUT2D eigenvalue weighted by Crippen LogP contribution is 2.12. The van der Waals surface area contributed by atoms with Crippen molar-refractivity contribution in [2.45, 2.75) is 13.5 Å². The van der Waals surface area contributed by atoms with Gasteiger partial charge in [0, 0.05) is 25.3 Å². The van der Waals surface area contributed by atoms with Gasteiger partial charge < -0.3 is 10.2 Å². The predicted octanol–water partition coefficient (Wildman–Crippen LogP) is 2.57. The molecule has 1 aromatic heterocycles. The summed E-state index contributed by atoms with van der Waals surface area (Å²) < 4.78 is 0. The summed E-state index contributed by atoms with van der Waals surface area (Å²) in [5.41, 5.74) is 4.12. The number of rotatable bonds is 5. The Morgan fingerprint density at radius 3 is 2.36 bits per heavy atom. The molecule has 0 saturated carbocycles. The molecular formula is C19H21N5O. The van der Waals surface area contributed by atoms with E-state index in [4.69, 9.17) is 0 Å². The number of anilines is 1. The van der Waals surface area contributed by atoms with Crippen LogP contribution in [0.15, 0.2) is 54.6 Å². The molecule has 0 bridgehead atoms. The van der Waals surface area contributed by atoms with E-state index in [2.05, 4.69) is 15.5 Å². The summed E-state index contributed by atoms with van der Waals surface area (Å²) in [7, 11) is 3.93. The Balaban J connectivity index is 1.67. The van der Waals surface area contributed by atoms with Crippen molar-refractivity contribution in [1.29, 1.82) is 0 Å². The molecule has 2 aromatic carbocycles. The van der Waals surface area contributed by atoms with Crippen LogP contribution in [0.5, 0.6) is 0 Å². The Labute approximate surface area is 147 Å². The Bertz CT molecular complexity index is 853. The molecule has 3 aromatic rings. The number of carbonyl (C=O) groups is 1. The highest BCUT2D eigenvalue weighted by molar-refractivity contribution is 5.94. The van der Waals surface area contributed by atoms with Crippen molar-refractivity contribution in [3.63, 3.8) is 0 Å². The quantitative estimate of drug-likeness (QED) is 0.778. The topological polar surface area (TPSA) is 63.1 Å². The number of para-hydroxylation sites is 1. The number of hydrogen-bond donors (Lipinski definition) is 1. The van der Waals surface area contributed by atoms with E-state index in [-0.39, 0.29) is 5.91 Å². The third kappa shape index (κ3) is 3.85. The molecule has 6 nitrogen and oxygen atoms in total. The molecule has 0 aliphatic rings. The van der Waals surface area contributed by atoms with E-state index >= 15 is 0 Å². The molecule has 0 aliphatic heterocycles. The fraction of sp³-hybridized carbons (Fsp3) is 0.211. The lowest BCUT2D eigenvalue weighted by Crippen LogP contribution is -2.23. The summed E-state index contributed by atoms with van der Waals surface area (Å²) in [4.78, 5) is 15.9. The van der Waals surface area contributed by atoms with Crippen LogP contribution in [-0.2, 0) is 6.54 Å². The molecule has 128 valence electrons. The maximum Gasteiger partial charge on any atom is 0.251 e. The van der Waals surface area contributed by atoms with Gasteiger partial charge in [-0.3, -0.25) is 4.79 Å². The zero-order valence-corrected chi connectivity index (χ0v) is 14.6. The number of benzene rings is 2. The molecule has 6 heteroatoms. The first-order valence-electron chi connectivity index (χ1n) is 8.08. The molecular weight excluding hydrogens is 314 g/mol. The van der Waals surface area contributed by atoms with E-state index in [0.717, 1.165) is 22.8 Å². The zero-order chi connectivity index (χ0) is 17.8. The first kappa shape index (κ1) is 16.7. The summed E-state index contributed by atoms with van der Waals surface area (Å²) in [6.07, 6.45) is 0. The van der Waals surface area contributed by atoms with E-state index in [1.54, 1.807) is 4.80 Å². The van der Waals surface area contributed by atoms with Gasteiger partial charge in [0.25, 0.3) is 5.91 Å². The van der Waals surface area contributed by atoms with E-state index in [0.29, 0.717) is 12.1 Å². The first-order chi connectivity index (χ1) is 12.0. The molecule has 3 rings (SSSR count). The Hall–Kier alpha value is -3.15. The maximum absolute atomic E-state index is 12.3. The van der Waals surface area contributed by atoms with Crippen LogP contribution in [0.25, 0.3) is 5.69 Å². The van der Waals surface area contributed by atoms with Gasteiger partial charge >= 0.3 is 0 Å². The smallest absolute Gasteiger partial charge is 0.251 e. The average Bonchev–Trinajstić information content (AvgIpc) is 3.01. The van der Waals surface area contributed by atoms with Crippen LogP contribution in [0, 0.1) is 6.92 Å². The monoisotopic (exact) mass is 335 g/mol.